The van der Waals surface area contributed by atoms with Gasteiger partial charge in [-0.3, -0.25) is 4.79 Å². The standard InChI is InChI=1S/C21H25NO3/c1-15(2)14-18(19(23)24)22-20(25)21(3,16-10-6-4-7-11-16)17-12-8-5-9-13-17/h4-13,15,18H,14H2,1-3H3,(H,22,25)(H,23,24)/t18-/m0/s1. The number of aliphatic carboxylic acids is 1. The molecule has 25 heavy (non-hydrogen) atoms. The van der Waals surface area contributed by atoms with Crippen molar-refractivity contribution in [3.05, 3.63) is 71.8 Å². The molecular weight excluding hydrogens is 314 g/mol. The third-order valence-electron chi connectivity index (χ3n) is 4.47. The smallest absolute Gasteiger partial charge is 0.326 e. The van der Waals surface area contributed by atoms with Crippen molar-refractivity contribution in [1.29, 1.82) is 0 Å². The summed E-state index contributed by atoms with van der Waals surface area (Å²) >= 11 is 0. The van der Waals surface area contributed by atoms with Gasteiger partial charge in [0.2, 0.25) is 5.91 Å². The lowest BCUT2D eigenvalue weighted by atomic mass is 9.75. The van der Waals surface area contributed by atoms with Crippen molar-refractivity contribution in [2.24, 2.45) is 5.92 Å². The Bertz CT molecular complexity index is 671. The number of carbonyl (C=O) groups excluding carboxylic acids is 1. The molecule has 132 valence electrons. The molecule has 2 aromatic carbocycles. The van der Waals surface area contributed by atoms with Gasteiger partial charge in [-0.25, -0.2) is 4.79 Å². The summed E-state index contributed by atoms with van der Waals surface area (Å²) in [6.45, 7) is 5.71. The van der Waals surface area contributed by atoms with E-state index in [-0.39, 0.29) is 11.8 Å². The fraction of sp³-hybridized carbons (Fsp3) is 0.333. The molecule has 0 heterocycles. The number of rotatable bonds is 7. The van der Waals surface area contributed by atoms with Crippen LogP contribution in [0.15, 0.2) is 60.7 Å². The molecule has 4 nitrogen and oxygen atoms in total. The van der Waals surface area contributed by atoms with Gasteiger partial charge < -0.3 is 10.4 Å². The zero-order valence-corrected chi connectivity index (χ0v) is 14.9. The van der Waals surface area contributed by atoms with Gasteiger partial charge in [-0.2, -0.15) is 0 Å². The van der Waals surface area contributed by atoms with Crippen LogP contribution >= 0.6 is 0 Å². The van der Waals surface area contributed by atoms with Crippen LogP contribution in [-0.2, 0) is 15.0 Å². The zero-order valence-electron chi connectivity index (χ0n) is 14.9. The van der Waals surface area contributed by atoms with Crippen LogP contribution in [0.3, 0.4) is 0 Å². The van der Waals surface area contributed by atoms with Gasteiger partial charge in [-0.1, -0.05) is 74.5 Å². The maximum absolute atomic E-state index is 13.2. The van der Waals surface area contributed by atoms with E-state index in [2.05, 4.69) is 5.32 Å². The van der Waals surface area contributed by atoms with Crippen molar-refractivity contribution in [2.75, 3.05) is 0 Å². The highest BCUT2D eigenvalue weighted by molar-refractivity contribution is 5.94. The van der Waals surface area contributed by atoms with Crippen LogP contribution in [0.25, 0.3) is 0 Å². The molecule has 0 aliphatic heterocycles. The Hall–Kier alpha value is -2.62. The molecule has 0 aromatic heterocycles. The summed E-state index contributed by atoms with van der Waals surface area (Å²) in [5.74, 6) is -1.15. The second kappa shape index (κ2) is 7.97. The van der Waals surface area contributed by atoms with E-state index < -0.39 is 17.4 Å². The van der Waals surface area contributed by atoms with Gasteiger partial charge in [-0.15, -0.1) is 0 Å². The molecule has 2 rings (SSSR count). The highest BCUT2D eigenvalue weighted by Gasteiger charge is 2.38. The van der Waals surface area contributed by atoms with Crippen LogP contribution < -0.4 is 5.32 Å². The molecule has 2 aromatic rings. The average molecular weight is 339 g/mol. The van der Waals surface area contributed by atoms with Gasteiger partial charge in [0.1, 0.15) is 6.04 Å². The van der Waals surface area contributed by atoms with Crippen LogP contribution in [0.1, 0.15) is 38.3 Å². The molecule has 4 heteroatoms. The Balaban J connectivity index is 2.42. The number of benzene rings is 2. The van der Waals surface area contributed by atoms with E-state index in [1.807, 2.05) is 81.4 Å². The Morgan fingerprint density at radius 3 is 1.76 bits per heavy atom. The number of nitrogens with one attached hydrogen (secondary N) is 1. The van der Waals surface area contributed by atoms with E-state index in [9.17, 15) is 14.7 Å². The predicted octanol–water partition coefficient (Wildman–Crippen LogP) is 3.61. The van der Waals surface area contributed by atoms with Crippen molar-refractivity contribution < 1.29 is 14.7 Å². The van der Waals surface area contributed by atoms with Gasteiger partial charge >= 0.3 is 5.97 Å². The zero-order chi connectivity index (χ0) is 18.4. The molecule has 0 aliphatic carbocycles. The molecule has 0 unspecified atom stereocenters. The maximum atomic E-state index is 13.2. The van der Waals surface area contributed by atoms with Crippen LogP contribution in [0, 0.1) is 5.92 Å². The summed E-state index contributed by atoms with van der Waals surface area (Å²) in [7, 11) is 0. The third kappa shape index (κ3) is 4.27. The van der Waals surface area contributed by atoms with Crippen molar-refractivity contribution in [3.63, 3.8) is 0 Å². The quantitative estimate of drug-likeness (QED) is 0.810. The number of carbonyl (C=O) groups is 2. The van der Waals surface area contributed by atoms with Crippen LogP contribution in [0.2, 0.25) is 0 Å². The summed E-state index contributed by atoms with van der Waals surface area (Å²) in [5, 5.41) is 12.2. The highest BCUT2D eigenvalue weighted by Crippen LogP contribution is 2.32. The number of hydrogen-bond donors (Lipinski definition) is 2. The molecule has 0 spiro atoms. The number of carboxylic acid groups (broad SMARTS) is 1. The van der Waals surface area contributed by atoms with Gasteiger partial charge in [0.25, 0.3) is 0 Å². The second-order valence-corrected chi connectivity index (χ2v) is 6.85. The average Bonchev–Trinajstić information content (AvgIpc) is 2.61. The van der Waals surface area contributed by atoms with E-state index in [0.717, 1.165) is 11.1 Å². The van der Waals surface area contributed by atoms with E-state index in [0.29, 0.717) is 6.42 Å². The van der Waals surface area contributed by atoms with E-state index >= 15 is 0 Å². The molecule has 2 N–H and O–H groups in total. The second-order valence-electron chi connectivity index (χ2n) is 6.85. The first-order valence-electron chi connectivity index (χ1n) is 8.50. The molecule has 0 radical (unpaired) electrons. The Labute approximate surface area is 148 Å². The van der Waals surface area contributed by atoms with Crippen molar-refractivity contribution >= 4 is 11.9 Å². The molecule has 0 aliphatic rings. The summed E-state index contributed by atoms with van der Waals surface area (Å²) in [6.07, 6.45) is 0.390. The van der Waals surface area contributed by atoms with Crippen molar-refractivity contribution in [3.8, 4) is 0 Å². The van der Waals surface area contributed by atoms with Crippen LogP contribution in [0.4, 0.5) is 0 Å². The van der Waals surface area contributed by atoms with Crippen LogP contribution in [-0.4, -0.2) is 23.0 Å². The minimum Gasteiger partial charge on any atom is -0.480 e. The summed E-state index contributed by atoms with van der Waals surface area (Å²) in [5.41, 5.74) is 0.687. The largest absolute Gasteiger partial charge is 0.480 e. The van der Waals surface area contributed by atoms with Crippen molar-refractivity contribution in [2.45, 2.75) is 38.6 Å². The summed E-state index contributed by atoms with van der Waals surface area (Å²) in [6, 6.07) is 18.0. The molecule has 0 saturated carbocycles. The predicted molar refractivity (Wildman–Crippen MR) is 98.4 cm³/mol. The minimum atomic E-state index is -1.01. The first kappa shape index (κ1) is 18.7. The Kier molecular flexibility index (Phi) is 5.97. The Morgan fingerprint density at radius 1 is 0.960 bits per heavy atom. The monoisotopic (exact) mass is 339 g/mol. The molecule has 0 saturated heterocycles. The lowest BCUT2D eigenvalue weighted by Gasteiger charge is -2.31. The Morgan fingerprint density at radius 2 is 1.40 bits per heavy atom. The maximum Gasteiger partial charge on any atom is 0.326 e. The SMILES string of the molecule is CC(C)C[C@H](NC(=O)C(C)(c1ccccc1)c1ccccc1)C(=O)O. The third-order valence-corrected chi connectivity index (χ3v) is 4.47. The summed E-state index contributed by atoms with van der Waals surface area (Å²) in [4.78, 5) is 24.7. The van der Waals surface area contributed by atoms with Gasteiger partial charge in [0.15, 0.2) is 0 Å². The topological polar surface area (TPSA) is 66.4 Å². The van der Waals surface area contributed by atoms with E-state index in [1.54, 1.807) is 0 Å². The van der Waals surface area contributed by atoms with Gasteiger partial charge in [0.05, 0.1) is 5.41 Å². The first-order chi connectivity index (χ1) is 11.9. The number of hydrogen-bond acceptors (Lipinski definition) is 2. The normalized spacial score (nSPS) is 12.6. The fourth-order valence-corrected chi connectivity index (χ4v) is 2.97. The molecule has 1 amide bonds. The molecule has 0 fully saturated rings. The summed E-state index contributed by atoms with van der Waals surface area (Å²) < 4.78 is 0. The molecule has 1 atom stereocenters. The van der Waals surface area contributed by atoms with E-state index in [4.69, 9.17) is 0 Å². The molecular formula is C21H25NO3. The van der Waals surface area contributed by atoms with Crippen molar-refractivity contribution in [1.82, 2.24) is 5.32 Å². The van der Waals surface area contributed by atoms with Crippen LogP contribution in [0.5, 0.6) is 0 Å². The molecule has 0 bridgehead atoms. The van der Waals surface area contributed by atoms with E-state index in [1.165, 1.54) is 0 Å². The minimum absolute atomic E-state index is 0.168. The number of carboxylic acids is 1. The lowest BCUT2D eigenvalue weighted by molar-refractivity contribution is -0.142. The number of amides is 1. The lowest BCUT2D eigenvalue weighted by Crippen LogP contribution is -2.50. The van der Waals surface area contributed by atoms with Gasteiger partial charge in [0, 0.05) is 0 Å². The first-order valence-corrected chi connectivity index (χ1v) is 8.50. The fourth-order valence-electron chi connectivity index (χ4n) is 2.97. The highest BCUT2D eigenvalue weighted by atomic mass is 16.4. The van der Waals surface area contributed by atoms with Gasteiger partial charge in [-0.05, 0) is 30.4 Å².